The minimum atomic E-state index is -0.392. The van der Waals surface area contributed by atoms with E-state index in [1.54, 1.807) is 43.3 Å². The molecule has 0 radical (unpaired) electrons. The first-order valence-corrected chi connectivity index (χ1v) is 10.2. The zero-order valence-corrected chi connectivity index (χ0v) is 18.4. The molecule has 162 valence electrons. The number of nitrogens with one attached hydrogen (secondary N) is 1. The molecule has 0 unspecified atom stereocenters. The number of hydrogen-bond acceptors (Lipinski definition) is 8. The van der Waals surface area contributed by atoms with Crippen molar-refractivity contribution in [1.82, 2.24) is 4.98 Å². The smallest absolute Gasteiger partial charge is 0.338 e. The van der Waals surface area contributed by atoms with Gasteiger partial charge in [-0.1, -0.05) is 11.3 Å². The van der Waals surface area contributed by atoms with Crippen LogP contribution in [0.1, 0.15) is 22.8 Å². The SMILES string of the molecule is CCOC(=O)c1ccc2nc(NC(=O)/C=C\c3cc(OC)c(OC)c(OC)c3)sc2c1. The second-order valence-electron chi connectivity index (χ2n) is 6.20. The van der Waals surface area contributed by atoms with E-state index >= 15 is 0 Å². The summed E-state index contributed by atoms with van der Waals surface area (Å²) in [4.78, 5) is 28.6. The fourth-order valence-electron chi connectivity index (χ4n) is 2.84. The number of thiazole rings is 1. The Bertz CT molecular complexity index is 1110. The molecule has 0 spiro atoms. The van der Waals surface area contributed by atoms with Crippen LogP contribution >= 0.6 is 11.3 Å². The van der Waals surface area contributed by atoms with Crippen molar-refractivity contribution in [1.29, 1.82) is 0 Å². The number of anilines is 1. The van der Waals surface area contributed by atoms with Crippen LogP contribution in [-0.2, 0) is 9.53 Å². The van der Waals surface area contributed by atoms with Crippen LogP contribution in [-0.4, -0.2) is 44.8 Å². The van der Waals surface area contributed by atoms with E-state index in [1.165, 1.54) is 38.7 Å². The van der Waals surface area contributed by atoms with Crippen molar-refractivity contribution in [3.05, 3.63) is 47.5 Å². The number of ether oxygens (including phenoxy) is 4. The molecule has 0 aliphatic carbocycles. The molecule has 31 heavy (non-hydrogen) atoms. The number of benzene rings is 2. The fraction of sp³-hybridized carbons (Fsp3) is 0.227. The number of carbonyl (C=O) groups excluding carboxylic acids is 2. The zero-order valence-electron chi connectivity index (χ0n) is 17.6. The maximum absolute atomic E-state index is 12.4. The number of nitrogens with zero attached hydrogens (tertiary/aromatic N) is 1. The van der Waals surface area contributed by atoms with Crippen molar-refractivity contribution in [2.45, 2.75) is 6.92 Å². The Labute approximate surface area is 183 Å². The molecule has 0 aliphatic rings. The molecule has 8 nitrogen and oxygen atoms in total. The van der Waals surface area contributed by atoms with Gasteiger partial charge >= 0.3 is 5.97 Å². The van der Waals surface area contributed by atoms with Gasteiger partial charge in [-0.2, -0.15) is 0 Å². The molecule has 0 atom stereocenters. The number of carbonyl (C=O) groups is 2. The van der Waals surface area contributed by atoms with Crippen LogP contribution in [0.3, 0.4) is 0 Å². The van der Waals surface area contributed by atoms with Gasteiger partial charge in [-0.3, -0.25) is 10.1 Å². The first-order chi connectivity index (χ1) is 15.0. The van der Waals surface area contributed by atoms with Gasteiger partial charge in [0.25, 0.3) is 0 Å². The van der Waals surface area contributed by atoms with Crippen LogP contribution in [0, 0.1) is 0 Å². The molecule has 0 saturated heterocycles. The van der Waals surface area contributed by atoms with E-state index < -0.39 is 5.97 Å². The number of amides is 1. The quantitative estimate of drug-likeness (QED) is 0.413. The Balaban J connectivity index is 1.75. The van der Waals surface area contributed by atoms with Crippen LogP contribution in [0.5, 0.6) is 17.2 Å². The zero-order chi connectivity index (χ0) is 22.4. The number of esters is 1. The predicted octanol–water partition coefficient (Wildman–Crippen LogP) is 4.15. The number of aromatic nitrogens is 1. The van der Waals surface area contributed by atoms with Gasteiger partial charge in [-0.25, -0.2) is 9.78 Å². The third-order valence-corrected chi connectivity index (χ3v) is 5.18. The molecule has 1 N–H and O–H groups in total. The molecule has 1 aromatic heterocycles. The monoisotopic (exact) mass is 442 g/mol. The van der Waals surface area contributed by atoms with Crippen LogP contribution in [0.4, 0.5) is 5.13 Å². The molecule has 0 saturated carbocycles. The number of fused-ring (bicyclic) bond motifs is 1. The highest BCUT2D eigenvalue weighted by molar-refractivity contribution is 7.22. The minimum absolute atomic E-state index is 0.305. The van der Waals surface area contributed by atoms with E-state index in [0.717, 1.165) is 4.70 Å². The van der Waals surface area contributed by atoms with Gasteiger partial charge in [-0.05, 0) is 48.9 Å². The van der Waals surface area contributed by atoms with Crippen LogP contribution < -0.4 is 19.5 Å². The lowest BCUT2D eigenvalue weighted by atomic mass is 10.1. The van der Waals surface area contributed by atoms with Crippen molar-refractivity contribution in [2.24, 2.45) is 0 Å². The third kappa shape index (κ3) is 5.13. The summed E-state index contributed by atoms with van der Waals surface area (Å²) >= 11 is 1.27. The lowest BCUT2D eigenvalue weighted by Gasteiger charge is -2.12. The third-order valence-electron chi connectivity index (χ3n) is 4.24. The summed E-state index contributed by atoms with van der Waals surface area (Å²) < 4.78 is 21.7. The standard InChI is InChI=1S/C22H22N2O6S/c1-5-30-21(26)14-7-8-15-18(12-14)31-22(23-15)24-19(25)9-6-13-10-16(27-2)20(29-4)17(11-13)28-3/h6-12H,5H2,1-4H3,(H,23,24,25)/b9-6-. The van der Waals surface area contributed by atoms with Gasteiger partial charge in [0.15, 0.2) is 16.6 Å². The van der Waals surface area contributed by atoms with Crippen molar-refractivity contribution in [3.63, 3.8) is 0 Å². The lowest BCUT2D eigenvalue weighted by molar-refractivity contribution is -0.111. The molecule has 3 rings (SSSR count). The van der Waals surface area contributed by atoms with E-state index in [1.807, 2.05) is 0 Å². The molecular weight excluding hydrogens is 420 g/mol. The first kappa shape index (κ1) is 22.1. The first-order valence-electron chi connectivity index (χ1n) is 9.35. The molecule has 2 aromatic carbocycles. The van der Waals surface area contributed by atoms with Crippen LogP contribution in [0.2, 0.25) is 0 Å². The summed E-state index contributed by atoms with van der Waals surface area (Å²) in [5.74, 6) is 0.717. The summed E-state index contributed by atoms with van der Waals surface area (Å²) in [6.45, 7) is 2.06. The maximum atomic E-state index is 12.4. The Morgan fingerprint density at radius 1 is 1.06 bits per heavy atom. The molecule has 3 aromatic rings. The highest BCUT2D eigenvalue weighted by atomic mass is 32.1. The number of hydrogen-bond donors (Lipinski definition) is 1. The van der Waals surface area contributed by atoms with Crippen LogP contribution in [0.15, 0.2) is 36.4 Å². The minimum Gasteiger partial charge on any atom is -0.493 e. The van der Waals surface area contributed by atoms with E-state index in [2.05, 4.69) is 10.3 Å². The van der Waals surface area contributed by atoms with E-state index in [0.29, 0.717) is 45.6 Å². The van der Waals surface area contributed by atoms with Crippen molar-refractivity contribution < 1.29 is 28.5 Å². The van der Waals surface area contributed by atoms with Crippen molar-refractivity contribution in [2.75, 3.05) is 33.3 Å². The van der Waals surface area contributed by atoms with Gasteiger partial charge < -0.3 is 18.9 Å². The number of rotatable bonds is 8. The molecule has 0 bridgehead atoms. The van der Waals surface area contributed by atoms with Crippen LogP contribution in [0.25, 0.3) is 16.3 Å². The highest BCUT2D eigenvalue weighted by Gasteiger charge is 2.13. The van der Waals surface area contributed by atoms with Crippen molar-refractivity contribution in [3.8, 4) is 17.2 Å². The summed E-state index contributed by atoms with van der Waals surface area (Å²) in [7, 11) is 4.58. The van der Waals surface area contributed by atoms with E-state index in [9.17, 15) is 9.59 Å². The maximum Gasteiger partial charge on any atom is 0.338 e. The molecule has 0 aliphatic heterocycles. The molecule has 0 fully saturated rings. The van der Waals surface area contributed by atoms with E-state index in [-0.39, 0.29) is 5.91 Å². The molecule has 1 amide bonds. The Morgan fingerprint density at radius 3 is 2.39 bits per heavy atom. The van der Waals surface area contributed by atoms with Gasteiger partial charge in [0.1, 0.15) is 0 Å². The van der Waals surface area contributed by atoms with Gasteiger partial charge in [0.05, 0.1) is 43.7 Å². The summed E-state index contributed by atoms with van der Waals surface area (Å²) in [5.41, 5.74) is 1.83. The normalized spacial score (nSPS) is 10.8. The van der Waals surface area contributed by atoms with Gasteiger partial charge in [0, 0.05) is 6.08 Å². The highest BCUT2D eigenvalue weighted by Crippen LogP contribution is 2.38. The lowest BCUT2D eigenvalue weighted by Crippen LogP contribution is -2.07. The largest absolute Gasteiger partial charge is 0.493 e. The summed E-state index contributed by atoms with van der Waals surface area (Å²) in [5, 5.41) is 3.16. The predicted molar refractivity (Wildman–Crippen MR) is 119 cm³/mol. The summed E-state index contributed by atoms with van der Waals surface area (Å²) in [6.07, 6.45) is 3.02. The molecule has 9 heteroatoms. The average Bonchev–Trinajstić information content (AvgIpc) is 3.18. The Morgan fingerprint density at radius 2 is 1.77 bits per heavy atom. The van der Waals surface area contributed by atoms with Gasteiger partial charge in [0.2, 0.25) is 11.7 Å². The topological polar surface area (TPSA) is 96.0 Å². The molecular formula is C22H22N2O6S. The second kappa shape index (κ2) is 9.94. The average molecular weight is 442 g/mol. The van der Waals surface area contributed by atoms with E-state index in [4.69, 9.17) is 18.9 Å². The van der Waals surface area contributed by atoms with Gasteiger partial charge in [-0.15, -0.1) is 0 Å². The fourth-order valence-corrected chi connectivity index (χ4v) is 3.74. The van der Waals surface area contributed by atoms with Crippen molar-refractivity contribution >= 4 is 44.6 Å². The summed E-state index contributed by atoms with van der Waals surface area (Å²) in [6, 6.07) is 8.54. The second-order valence-corrected chi connectivity index (χ2v) is 7.23. The Kier molecular flexibility index (Phi) is 7.09. The Hall–Kier alpha value is -3.59. The molecule has 1 heterocycles. The number of methoxy groups -OCH3 is 3.